The normalized spacial score (nSPS) is 10.8. The summed E-state index contributed by atoms with van der Waals surface area (Å²) in [4.78, 5) is 2.52. The Bertz CT molecular complexity index is 613. The van der Waals surface area contributed by atoms with Gasteiger partial charge in [0.1, 0.15) is 10.8 Å². The van der Waals surface area contributed by atoms with E-state index >= 15 is 0 Å². The Hall–Kier alpha value is -1.78. The van der Waals surface area contributed by atoms with Crippen LogP contribution in [-0.4, -0.2) is 16.9 Å². The van der Waals surface area contributed by atoms with Crippen LogP contribution in [0.25, 0.3) is 0 Å². The van der Waals surface area contributed by atoms with Crippen LogP contribution in [0, 0.1) is 5.82 Å². The van der Waals surface area contributed by atoms with Crippen molar-refractivity contribution in [2.75, 3.05) is 7.05 Å². The van der Waals surface area contributed by atoms with E-state index < -0.39 is 0 Å². The maximum absolute atomic E-state index is 13.1. The molecule has 0 radical (unpaired) electrons. The molecule has 2 rings (SSSR count). The largest absolute Gasteiger partial charge is 0.389 e. The summed E-state index contributed by atoms with van der Waals surface area (Å²) in [5.41, 5.74) is 8.59. The molecule has 0 fully saturated rings. The van der Waals surface area contributed by atoms with Crippen molar-refractivity contribution in [3.63, 3.8) is 0 Å². The molecule has 0 unspecified atom stereocenters. The van der Waals surface area contributed by atoms with E-state index in [0.29, 0.717) is 11.5 Å². The molecule has 0 saturated carbocycles. The molecule has 0 aliphatic carbocycles. The van der Waals surface area contributed by atoms with Gasteiger partial charge in [0.15, 0.2) is 0 Å². The minimum absolute atomic E-state index is 0.202. The van der Waals surface area contributed by atoms with Gasteiger partial charge in [-0.2, -0.15) is 0 Å². The van der Waals surface area contributed by atoms with E-state index in [1.165, 1.54) is 6.07 Å². The molecular weight excluding hydrogens is 271 g/mol. The van der Waals surface area contributed by atoms with Crippen molar-refractivity contribution in [1.82, 2.24) is 4.90 Å². The maximum atomic E-state index is 13.1. The molecule has 0 atom stereocenters. The zero-order chi connectivity index (χ0) is 14.5. The summed E-state index contributed by atoms with van der Waals surface area (Å²) >= 11 is 4.98. The van der Waals surface area contributed by atoms with Crippen LogP contribution in [0.5, 0.6) is 0 Å². The minimum Gasteiger partial charge on any atom is -0.389 e. The lowest BCUT2D eigenvalue weighted by Gasteiger charge is -2.17. The monoisotopic (exact) mass is 288 g/mol. The van der Waals surface area contributed by atoms with Gasteiger partial charge in [-0.15, -0.1) is 0 Å². The van der Waals surface area contributed by atoms with Crippen LogP contribution in [0.1, 0.15) is 16.7 Å². The lowest BCUT2D eigenvalue weighted by atomic mass is 10.1. The third kappa shape index (κ3) is 4.11. The predicted octanol–water partition coefficient (Wildman–Crippen LogP) is 3.09. The van der Waals surface area contributed by atoms with E-state index in [1.54, 1.807) is 12.1 Å². The summed E-state index contributed by atoms with van der Waals surface area (Å²) in [6.45, 7) is 1.45. The fourth-order valence-electron chi connectivity index (χ4n) is 2.14. The highest BCUT2D eigenvalue weighted by atomic mass is 32.1. The van der Waals surface area contributed by atoms with Crippen LogP contribution in [0.4, 0.5) is 4.39 Å². The lowest BCUT2D eigenvalue weighted by Crippen LogP contribution is -2.18. The minimum atomic E-state index is -0.202. The van der Waals surface area contributed by atoms with Gasteiger partial charge in [-0.3, -0.25) is 4.90 Å². The fourth-order valence-corrected chi connectivity index (χ4v) is 2.26. The average molecular weight is 288 g/mol. The molecule has 0 aliphatic rings. The van der Waals surface area contributed by atoms with Gasteiger partial charge in [-0.05, 0) is 36.4 Å². The quantitative estimate of drug-likeness (QED) is 0.857. The Labute approximate surface area is 124 Å². The van der Waals surface area contributed by atoms with Gasteiger partial charge in [0, 0.05) is 18.7 Å². The first kappa shape index (κ1) is 14.6. The van der Waals surface area contributed by atoms with Crippen molar-refractivity contribution in [2.24, 2.45) is 5.73 Å². The van der Waals surface area contributed by atoms with Crippen molar-refractivity contribution >= 4 is 17.2 Å². The second-order valence-electron chi connectivity index (χ2n) is 4.87. The highest BCUT2D eigenvalue weighted by Gasteiger charge is 2.04. The first-order chi connectivity index (χ1) is 9.54. The molecule has 2 N–H and O–H groups in total. The summed E-state index contributed by atoms with van der Waals surface area (Å²) in [6, 6.07) is 14.5. The Morgan fingerprint density at radius 1 is 1.10 bits per heavy atom. The first-order valence-corrected chi connectivity index (χ1v) is 6.77. The topological polar surface area (TPSA) is 29.3 Å². The SMILES string of the molecule is CN(Cc1cccc(F)c1)Cc1cccc(C(N)=S)c1. The zero-order valence-electron chi connectivity index (χ0n) is 11.3. The molecule has 0 saturated heterocycles. The Morgan fingerprint density at radius 2 is 1.70 bits per heavy atom. The van der Waals surface area contributed by atoms with Crippen molar-refractivity contribution in [2.45, 2.75) is 13.1 Å². The number of hydrogen-bond acceptors (Lipinski definition) is 2. The van der Waals surface area contributed by atoms with Crippen LogP contribution in [0.3, 0.4) is 0 Å². The van der Waals surface area contributed by atoms with E-state index in [1.807, 2.05) is 37.4 Å². The fraction of sp³-hybridized carbons (Fsp3) is 0.188. The third-order valence-corrected chi connectivity index (χ3v) is 3.24. The Morgan fingerprint density at radius 3 is 2.30 bits per heavy atom. The highest BCUT2D eigenvalue weighted by Crippen LogP contribution is 2.11. The molecule has 104 valence electrons. The molecule has 2 aromatic rings. The molecule has 0 bridgehead atoms. The molecule has 0 amide bonds. The van der Waals surface area contributed by atoms with Gasteiger partial charge in [0.05, 0.1) is 0 Å². The number of benzene rings is 2. The van der Waals surface area contributed by atoms with E-state index in [9.17, 15) is 4.39 Å². The molecule has 4 heteroatoms. The van der Waals surface area contributed by atoms with Gasteiger partial charge < -0.3 is 5.73 Å². The Balaban J connectivity index is 2.02. The summed E-state index contributed by atoms with van der Waals surface area (Å²) in [6.07, 6.45) is 0. The van der Waals surface area contributed by atoms with Crippen molar-refractivity contribution in [1.29, 1.82) is 0 Å². The number of halogens is 1. The van der Waals surface area contributed by atoms with Crippen molar-refractivity contribution < 1.29 is 4.39 Å². The Kier molecular flexibility index (Phi) is 4.82. The standard InChI is InChI=1S/C16H17FN2S/c1-19(11-13-5-3-7-15(17)9-13)10-12-4-2-6-14(8-12)16(18)20/h2-9H,10-11H2,1H3,(H2,18,20). The predicted molar refractivity (Wildman–Crippen MR) is 83.9 cm³/mol. The molecule has 0 aliphatic heterocycles. The smallest absolute Gasteiger partial charge is 0.123 e. The number of thiocarbonyl (C=S) groups is 1. The summed E-state index contributed by atoms with van der Waals surface area (Å²) in [5, 5.41) is 0. The average Bonchev–Trinajstić information content (AvgIpc) is 2.38. The van der Waals surface area contributed by atoms with Gasteiger partial charge in [0.2, 0.25) is 0 Å². The molecule has 0 aromatic heterocycles. The first-order valence-electron chi connectivity index (χ1n) is 6.36. The number of nitrogens with two attached hydrogens (primary N) is 1. The van der Waals surface area contributed by atoms with Crippen molar-refractivity contribution in [3.05, 3.63) is 71.0 Å². The van der Waals surface area contributed by atoms with Gasteiger partial charge in [-0.1, -0.05) is 42.5 Å². The van der Waals surface area contributed by atoms with Crippen LogP contribution >= 0.6 is 12.2 Å². The highest BCUT2D eigenvalue weighted by molar-refractivity contribution is 7.80. The molecule has 0 heterocycles. The number of rotatable bonds is 5. The number of hydrogen-bond donors (Lipinski definition) is 1. The van der Waals surface area contributed by atoms with E-state index in [-0.39, 0.29) is 5.82 Å². The molecule has 20 heavy (non-hydrogen) atoms. The maximum Gasteiger partial charge on any atom is 0.123 e. The van der Waals surface area contributed by atoms with E-state index in [4.69, 9.17) is 18.0 Å². The number of nitrogens with zero attached hydrogens (tertiary/aromatic N) is 1. The van der Waals surface area contributed by atoms with Gasteiger partial charge in [0.25, 0.3) is 0 Å². The van der Waals surface area contributed by atoms with Crippen LogP contribution in [-0.2, 0) is 13.1 Å². The second-order valence-corrected chi connectivity index (χ2v) is 5.31. The van der Waals surface area contributed by atoms with Gasteiger partial charge in [-0.25, -0.2) is 4.39 Å². The lowest BCUT2D eigenvalue weighted by molar-refractivity contribution is 0.318. The zero-order valence-corrected chi connectivity index (χ0v) is 12.2. The summed E-state index contributed by atoms with van der Waals surface area (Å²) in [7, 11) is 2.00. The second kappa shape index (κ2) is 6.59. The van der Waals surface area contributed by atoms with Crippen LogP contribution in [0.2, 0.25) is 0 Å². The molecular formula is C16H17FN2S. The van der Waals surface area contributed by atoms with E-state index in [0.717, 1.165) is 23.2 Å². The van der Waals surface area contributed by atoms with Crippen LogP contribution < -0.4 is 5.73 Å². The van der Waals surface area contributed by atoms with Crippen molar-refractivity contribution in [3.8, 4) is 0 Å². The molecule has 2 aromatic carbocycles. The van der Waals surface area contributed by atoms with E-state index in [2.05, 4.69) is 4.90 Å². The molecule has 2 nitrogen and oxygen atoms in total. The van der Waals surface area contributed by atoms with Crippen LogP contribution in [0.15, 0.2) is 48.5 Å². The third-order valence-electron chi connectivity index (χ3n) is 3.01. The molecule has 0 spiro atoms. The van der Waals surface area contributed by atoms with Gasteiger partial charge >= 0.3 is 0 Å². The summed E-state index contributed by atoms with van der Waals surface area (Å²) in [5.74, 6) is -0.202. The summed E-state index contributed by atoms with van der Waals surface area (Å²) < 4.78 is 13.1.